The summed E-state index contributed by atoms with van der Waals surface area (Å²) in [5, 5.41) is 50.5. The van der Waals surface area contributed by atoms with Gasteiger partial charge in [0, 0.05) is 82.5 Å². The highest BCUT2D eigenvalue weighted by molar-refractivity contribution is 5.89. The predicted molar refractivity (Wildman–Crippen MR) is 146 cm³/mol. The zero-order valence-corrected chi connectivity index (χ0v) is 24.8. The van der Waals surface area contributed by atoms with Crippen molar-refractivity contribution in [2.45, 2.75) is 72.6 Å². The molecule has 0 amide bonds. The van der Waals surface area contributed by atoms with Crippen molar-refractivity contribution in [2.24, 2.45) is 28.6 Å². The molecule has 5 aliphatic carbocycles. The summed E-state index contributed by atoms with van der Waals surface area (Å²) in [5.41, 5.74) is -7.16. The molecule has 0 radical (unpaired) electrons. The first-order valence-electron chi connectivity index (χ1n) is 14.9. The lowest BCUT2D eigenvalue weighted by Crippen LogP contribution is -2.84. The normalized spacial score (nSPS) is 53.7. The zero-order valence-electron chi connectivity index (χ0n) is 24.8. The maximum Gasteiger partial charge on any atom is 0.338 e. The first-order chi connectivity index (χ1) is 20.0. The molecule has 1 saturated heterocycles. The number of hydrogen-bond acceptors (Lipinski definition) is 11. The molecule has 11 nitrogen and oxygen atoms in total. The summed E-state index contributed by atoms with van der Waals surface area (Å²) in [6, 6.07) is 8.09. The molecule has 1 aromatic rings. The SMILES string of the molecule is COC[C@]12CN(C)C3C4C(OC)C1[C@@]3(C(OC)CC2O)C1C[C@]2(O)C(OC)C[C@@]4(O)[C@]1(O)C2OC(=O)c1ccccc1. The molecule has 4 N–H and O–H groups in total. The van der Waals surface area contributed by atoms with Crippen LogP contribution in [0.2, 0.25) is 0 Å². The highest BCUT2D eigenvalue weighted by atomic mass is 16.6. The van der Waals surface area contributed by atoms with Crippen LogP contribution >= 0.6 is 0 Å². The number of hydrogen-bond donors (Lipinski definition) is 4. The van der Waals surface area contributed by atoms with Crippen LogP contribution in [-0.4, -0.2) is 133 Å². The Balaban J connectivity index is 1.48. The molecule has 6 fully saturated rings. The number of nitrogens with zero attached hydrogens (tertiary/aromatic N) is 1. The molecule has 1 spiro atoms. The maximum atomic E-state index is 13.5. The number of aliphatic hydroxyl groups is 4. The number of piperidine rings is 1. The number of carbonyl (C=O) groups excluding carboxylic acids is 1. The average molecular weight is 590 g/mol. The summed E-state index contributed by atoms with van der Waals surface area (Å²) in [7, 11) is 8.25. The van der Waals surface area contributed by atoms with Gasteiger partial charge in [-0.3, -0.25) is 0 Å². The molecule has 1 aliphatic heterocycles. The van der Waals surface area contributed by atoms with Gasteiger partial charge in [-0.05, 0) is 25.6 Å². The van der Waals surface area contributed by atoms with Crippen molar-refractivity contribution in [3.63, 3.8) is 0 Å². The Labute approximate surface area is 245 Å². The second-order valence-corrected chi connectivity index (χ2v) is 13.8. The Morgan fingerprint density at radius 3 is 2.31 bits per heavy atom. The molecular weight excluding hydrogens is 546 g/mol. The van der Waals surface area contributed by atoms with Crippen molar-refractivity contribution in [3.05, 3.63) is 35.9 Å². The number of ether oxygens (including phenoxy) is 5. The lowest BCUT2D eigenvalue weighted by molar-refractivity contribution is -0.346. The van der Waals surface area contributed by atoms with E-state index >= 15 is 0 Å². The van der Waals surface area contributed by atoms with E-state index in [2.05, 4.69) is 4.90 Å². The molecule has 232 valence electrons. The third-order valence-electron chi connectivity index (χ3n) is 12.7. The van der Waals surface area contributed by atoms with Crippen LogP contribution < -0.4 is 0 Å². The van der Waals surface area contributed by atoms with E-state index in [9.17, 15) is 25.2 Å². The molecule has 1 aromatic carbocycles. The van der Waals surface area contributed by atoms with Crippen LogP contribution in [0.5, 0.6) is 0 Å². The third kappa shape index (κ3) is 2.96. The average Bonchev–Trinajstić information content (AvgIpc) is 3.34. The Bertz CT molecular complexity index is 1250. The number of methoxy groups -OCH3 is 4. The molecule has 9 unspecified atom stereocenters. The minimum absolute atomic E-state index is 0.0000642. The molecule has 14 atom stereocenters. The van der Waals surface area contributed by atoms with Gasteiger partial charge in [0.05, 0.1) is 36.6 Å². The van der Waals surface area contributed by atoms with Crippen molar-refractivity contribution in [3.8, 4) is 0 Å². The molecule has 6 aliphatic rings. The predicted octanol–water partition coefficient (Wildman–Crippen LogP) is -0.169. The number of benzene rings is 1. The highest BCUT2D eigenvalue weighted by Crippen LogP contribution is 2.80. The van der Waals surface area contributed by atoms with Crippen molar-refractivity contribution >= 4 is 5.97 Å². The van der Waals surface area contributed by atoms with Gasteiger partial charge >= 0.3 is 5.97 Å². The minimum Gasteiger partial charge on any atom is -0.452 e. The molecule has 1 heterocycles. The monoisotopic (exact) mass is 589 g/mol. The van der Waals surface area contributed by atoms with Crippen LogP contribution in [0.25, 0.3) is 0 Å². The Morgan fingerprint density at radius 1 is 1.00 bits per heavy atom. The van der Waals surface area contributed by atoms with Gasteiger partial charge in [-0.15, -0.1) is 0 Å². The summed E-state index contributed by atoms with van der Waals surface area (Å²) in [6.07, 6.45) is -4.17. The van der Waals surface area contributed by atoms with Crippen molar-refractivity contribution in [1.29, 1.82) is 0 Å². The summed E-state index contributed by atoms with van der Waals surface area (Å²) < 4.78 is 30.3. The van der Waals surface area contributed by atoms with Gasteiger partial charge < -0.3 is 49.0 Å². The first kappa shape index (κ1) is 29.1. The maximum absolute atomic E-state index is 13.5. The largest absolute Gasteiger partial charge is 0.452 e. The van der Waals surface area contributed by atoms with Crippen LogP contribution in [0.15, 0.2) is 30.3 Å². The molecule has 5 saturated carbocycles. The van der Waals surface area contributed by atoms with Gasteiger partial charge in [-0.1, -0.05) is 18.2 Å². The smallest absolute Gasteiger partial charge is 0.338 e. The van der Waals surface area contributed by atoms with E-state index in [1.54, 1.807) is 51.7 Å². The van der Waals surface area contributed by atoms with Crippen LogP contribution in [-0.2, 0) is 23.7 Å². The fraction of sp³-hybridized carbons (Fsp3) is 0.774. The van der Waals surface area contributed by atoms with Gasteiger partial charge in [0.25, 0.3) is 0 Å². The van der Waals surface area contributed by atoms with E-state index < -0.39 is 81.9 Å². The van der Waals surface area contributed by atoms with Gasteiger partial charge in [-0.2, -0.15) is 0 Å². The van der Waals surface area contributed by atoms with Crippen molar-refractivity contribution in [2.75, 3.05) is 48.6 Å². The van der Waals surface area contributed by atoms with E-state index in [4.69, 9.17) is 23.7 Å². The van der Waals surface area contributed by atoms with E-state index in [0.29, 0.717) is 6.54 Å². The number of aliphatic hydroxyl groups excluding tert-OH is 1. The number of rotatable bonds is 7. The zero-order chi connectivity index (χ0) is 30.0. The number of fused-ring (bicyclic) bond motifs is 2. The fourth-order valence-corrected chi connectivity index (χ4v) is 11.7. The number of carbonyl (C=O) groups is 1. The van der Waals surface area contributed by atoms with Gasteiger partial charge in [-0.25, -0.2) is 4.79 Å². The van der Waals surface area contributed by atoms with E-state index in [1.807, 2.05) is 7.05 Å². The van der Waals surface area contributed by atoms with Crippen LogP contribution in [0.1, 0.15) is 29.6 Å². The topological polar surface area (TPSA) is 147 Å². The molecule has 11 heteroatoms. The second-order valence-electron chi connectivity index (χ2n) is 13.8. The van der Waals surface area contributed by atoms with Gasteiger partial charge in [0.15, 0.2) is 6.10 Å². The van der Waals surface area contributed by atoms with Crippen LogP contribution in [0.4, 0.5) is 0 Å². The molecule has 42 heavy (non-hydrogen) atoms. The summed E-state index contributed by atoms with van der Waals surface area (Å²) in [4.78, 5) is 15.7. The molecule has 0 aromatic heterocycles. The minimum atomic E-state index is -2.07. The fourth-order valence-electron chi connectivity index (χ4n) is 11.7. The van der Waals surface area contributed by atoms with Gasteiger partial charge in [0.1, 0.15) is 16.8 Å². The quantitative estimate of drug-likeness (QED) is 0.315. The Hall–Kier alpha value is -1.67. The summed E-state index contributed by atoms with van der Waals surface area (Å²) in [6.45, 7) is 0.735. The second kappa shape index (κ2) is 9.18. The standard InChI is InChI=1S/C31H43NO10/c1-32-14-27(15-38-2)18(33)11-19(39-3)30-17-12-28(35)20(40-4)13-29(36,21(24(30)32)22(41-5)23(27)30)31(17,37)26(28)42-25(34)16-9-7-6-8-10-16/h6-10,17-24,26,33,35-37H,11-15H2,1-5H3/t17?,18?,19?,20?,21?,22?,23?,24?,26?,27-,28-,29-,30-,31+/m0/s1. The molecule has 7 rings (SSSR count). The molecular formula is C31H43NO10. The van der Waals surface area contributed by atoms with Crippen molar-refractivity contribution < 1.29 is 48.9 Å². The van der Waals surface area contributed by atoms with E-state index in [0.717, 1.165) is 0 Å². The Morgan fingerprint density at radius 2 is 1.69 bits per heavy atom. The van der Waals surface area contributed by atoms with Gasteiger partial charge in [0.2, 0.25) is 0 Å². The first-order valence-corrected chi connectivity index (χ1v) is 14.9. The lowest BCUT2D eigenvalue weighted by Gasteiger charge is -2.71. The highest BCUT2D eigenvalue weighted by Gasteiger charge is 2.93. The summed E-state index contributed by atoms with van der Waals surface area (Å²) in [5.74, 6) is -2.58. The lowest BCUT2D eigenvalue weighted by atomic mass is 9.41. The van der Waals surface area contributed by atoms with E-state index in [-0.39, 0.29) is 37.5 Å². The number of esters is 1. The van der Waals surface area contributed by atoms with E-state index in [1.165, 1.54) is 7.11 Å². The molecule has 7 bridgehead atoms. The number of likely N-dealkylation sites (tertiary alicyclic amines) is 1. The summed E-state index contributed by atoms with van der Waals surface area (Å²) >= 11 is 0. The van der Waals surface area contributed by atoms with Crippen LogP contribution in [0, 0.1) is 28.6 Å². The third-order valence-corrected chi connectivity index (χ3v) is 12.7. The van der Waals surface area contributed by atoms with Crippen LogP contribution in [0.3, 0.4) is 0 Å². The Kier molecular flexibility index (Phi) is 6.35. The van der Waals surface area contributed by atoms with Crippen molar-refractivity contribution in [1.82, 2.24) is 4.90 Å².